The van der Waals surface area contributed by atoms with Gasteiger partial charge >= 0.3 is 6.09 Å². The number of carbonyl (C=O) groups excluding carboxylic acids is 1. The predicted octanol–water partition coefficient (Wildman–Crippen LogP) is 3.13. The van der Waals surface area contributed by atoms with Crippen LogP contribution in [0.15, 0.2) is 30.3 Å². The van der Waals surface area contributed by atoms with E-state index in [-0.39, 0.29) is 6.09 Å². The Labute approximate surface area is 121 Å². The molecule has 1 aliphatic heterocycles. The number of hydrogen-bond donors (Lipinski definition) is 0. The fourth-order valence-corrected chi connectivity index (χ4v) is 2.45. The quantitative estimate of drug-likeness (QED) is 0.790. The van der Waals surface area contributed by atoms with Crippen LogP contribution in [0.25, 0.3) is 0 Å². The van der Waals surface area contributed by atoms with Crippen LogP contribution in [0, 0.1) is 0 Å². The van der Waals surface area contributed by atoms with Crippen molar-refractivity contribution in [2.45, 2.75) is 39.3 Å². The van der Waals surface area contributed by atoms with Crippen LogP contribution in [0.3, 0.4) is 0 Å². The Morgan fingerprint density at radius 2 is 1.85 bits per heavy atom. The van der Waals surface area contributed by atoms with Gasteiger partial charge in [0.25, 0.3) is 0 Å². The van der Waals surface area contributed by atoms with E-state index in [1.165, 1.54) is 5.69 Å². The maximum absolute atomic E-state index is 12.1. The average Bonchev–Trinajstić information content (AvgIpc) is 2.37. The fourth-order valence-electron chi connectivity index (χ4n) is 2.45. The highest BCUT2D eigenvalue weighted by Crippen LogP contribution is 2.21. The Bertz CT molecular complexity index is 453. The van der Waals surface area contributed by atoms with E-state index in [0.717, 1.165) is 6.54 Å². The number of carbonyl (C=O) groups is 1. The molecule has 1 atom stereocenters. The lowest BCUT2D eigenvalue weighted by atomic mass is 10.1. The summed E-state index contributed by atoms with van der Waals surface area (Å²) < 4.78 is 5.43. The molecule has 1 aromatic carbocycles. The lowest BCUT2D eigenvalue weighted by Crippen LogP contribution is -2.54. The second-order valence-electron chi connectivity index (χ2n) is 6.30. The highest BCUT2D eigenvalue weighted by Gasteiger charge is 2.29. The third kappa shape index (κ3) is 3.65. The summed E-state index contributed by atoms with van der Waals surface area (Å²) in [6.07, 6.45) is -0.211. The van der Waals surface area contributed by atoms with Crippen LogP contribution in [0.1, 0.15) is 27.7 Å². The minimum absolute atomic E-state index is 0.211. The fraction of sp³-hybridized carbons (Fsp3) is 0.562. The van der Waals surface area contributed by atoms with Crippen molar-refractivity contribution >= 4 is 11.8 Å². The van der Waals surface area contributed by atoms with Gasteiger partial charge in [0.05, 0.1) is 0 Å². The second kappa shape index (κ2) is 5.73. The zero-order valence-corrected chi connectivity index (χ0v) is 12.8. The molecule has 4 nitrogen and oxygen atoms in total. The zero-order valence-electron chi connectivity index (χ0n) is 12.8. The highest BCUT2D eigenvalue weighted by atomic mass is 16.6. The van der Waals surface area contributed by atoms with E-state index in [4.69, 9.17) is 4.74 Å². The van der Waals surface area contributed by atoms with Crippen molar-refractivity contribution < 1.29 is 9.53 Å². The van der Waals surface area contributed by atoms with Crippen molar-refractivity contribution in [3.05, 3.63) is 30.3 Å². The molecule has 1 fully saturated rings. The van der Waals surface area contributed by atoms with E-state index in [2.05, 4.69) is 24.0 Å². The Balaban J connectivity index is 1.97. The lowest BCUT2D eigenvalue weighted by molar-refractivity contribution is 0.0219. The standard InChI is InChI=1S/C16H24N2O2/c1-13-12-17(15(19)20-16(2,3)4)10-11-18(13)14-8-6-5-7-9-14/h5-9,13H,10-12H2,1-4H3/t13-/m0/s1. The Hall–Kier alpha value is -1.71. The van der Waals surface area contributed by atoms with Gasteiger partial charge in [0, 0.05) is 31.4 Å². The molecule has 1 amide bonds. The summed E-state index contributed by atoms with van der Waals surface area (Å²) in [5.41, 5.74) is 0.778. The Morgan fingerprint density at radius 3 is 2.40 bits per heavy atom. The first-order valence-corrected chi connectivity index (χ1v) is 7.16. The van der Waals surface area contributed by atoms with Gasteiger partial charge < -0.3 is 14.5 Å². The van der Waals surface area contributed by atoms with Gasteiger partial charge in [0.15, 0.2) is 0 Å². The molecule has 0 aromatic heterocycles. The van der Waals surface area contributed by atoms with Crippen molar-refractivity contribution in [3.63, 3.8) is 0 Å². The molecule has 20 heavy (non-hydrogen) atoms. The monoisotopic (exact) mass is 276 g/mol. The second-order valence-corrected chi connectivity index (χ2v) is 6.30. The summed E-state index contributed by atoms with van der Waals surface area (Å²) in [6.45, 7) is 10.1. The van der Waals surface area contributed by atoms with Gasteiger partial charge in [-0.05, 0) is 39.8 Å². The Kier molecular flexibility index (Phi) is 4.21. The molecule has 2 rings (SSSR count). The molecule has 0 spiro atoms. The van der Waals surface area contributed by atoms with E-state index in [9.17, 15) is 4.79 Å². The summed E-state index contributed by atoms with van der Waals surface area (Å²) in [5.74, 6) is 0. The molecular formula is C16H24N2O2. The van der Waals surface area contributed by atoms with Gasteiger partial charge in [-0.1, -0.05) is 18.2 Å². The number of hydrogen-bond acceptors (Lipinski definition) is 3. The lowest BCUT2D eigenvalue weighted by Gasteiger charge is -2.41. The minimum atomic E-state index is -0.434. The van der Waals surface area contributed by atoms with Crippen molar-refractivity contribution in [1.82, 2.24) is 4.90 Å². The first-order valence-electron chi connectivity index (χ1n) is 7.16. The van der Waals surface area contributed by atoms with E-state index < -0.39 is 5.60 Å². The summed E-state index contributed by atoms with van der Waals surface area (Å²) >= 11 is 0. The predicted molar refractivity (Wildman–Crippen MR) is 81.1 cm³/mol. The van der Waals surface area contributed by atoms with Crippen LogP contribution in [0.5, 0.6) is 0 Å². The number of para-hydroxylation sites is 1. The van der Waals surface area contributed by atoms with E-state index in [1.807, 2.05) is 39.0 Å². The molecule has 110 valence electrons. The summed E-state index contributed by atoms with van der Waals surface area (Å²) in [4.78, 5) is 16.2. The number of ether oxygens (including phenoxy) is 1. The molecule has 0 aliphatic carbocycles. The van der Waals surface area contributed by atoms with E-state index >= 15 is 0 Å². The van der Waals surface area contributed by atoms with E-state index in [0.29, 0.717) is 19.1 Å². The van der Waals surface area contributed by atoms with Crippen molar-refractivity contribution in [2.24, 2.45) is 0 Å². The zero-order chi connectivity index (χ0) is 14.8. The number of amides is 1. The van der Waals surface area contributed by atoms with Crippen LogP contribution < -0.4 is 4.90 Å². The molecule has 1 aliphatic rings. The van der Waals surface area contributed by atoms with E-state index in [1.54, 1.807) is 4.90 Å². The van der Waals surface area contributed by atoms with Crippen LogP contribution in [-0.4, -0.2) is 42.3 Å². The normalized spacial score (nSPS) is 19.9. The third-order valence-corrected chi connectivity index (χ3v) is 3.37. The molecule has 1 saturated heterocycles. The molecule has 0 saturated carbocycles. The molecule has 1 heterocycles. The summed E-state index contributed by atoms with van der Waals surface area (Å²) in [7, 11) is 0. The number of nitrogens with zero attached hydrogens (tertiary/aromatic N) is 2. The minimum Gasteiger partial charge on any atom is -0.444 e. The maximum atomic E-state index is 12.1. The Morgan fingerprint density at radius 1 is 1.20 bits per heavy atom. The molecule has 0 N–H and O–H groups in total. The first kappa shape index (κ1) is 14.7. The van der Waals surface area contributed by atoms with Gasteiger partial charge in [-0.3, -0.25) is 0 Å². The van der Waals surface area contributed by atoms with Crippen molar-refractivity contribution in [3.8, 4) is 0 Å². The largest absolute Gasteiger partial charge is 0.444 e. The molecule has 4 heteroatoms. The van der Waals surface area contributed by atoms with Crippen molar-refractivity contribution in [1.29, 1.82) is 0 Å². The molecule has 0 radical (unpaired) electrons. The number of piperazine rings is 1. The molecular weight excluding hydrogens is 252 g/mol. The van der Waals surface area contributed by atoms with Gasteiger partial charge in [0.2, 0.25) is 0 Å². The van der Waals surface area contributed by atoms with Crippen molar-refractivity contribution in [2.75, 3.05) is 24.5 Å². The van der Waals surface area contributed by atoms with Crippen LogP contribution in [-0.2, 0) is 4.74 Å². The first-order chi connectivity index (χ1) is 9.37. The number of anilines is 1. The molecule has 1 aromatic rings. The number of benzene rings is 1. The molecule has 0 bridgehead atoms. The van der Waals surface area contributed by atoms with Gasteiger partial charge in [-0.2, -0.15) is 0 Å². The SMILES string of the molecule is C[C@H]1CN(C(=O)OC(C)(C)C)CCN1c1ccccc1. The van der Waals surface area contributed by atoms with Crippen LogP contribution in [0.2, 0.25) is 0 Å². The molecule has 0 unspecified atom stereocenters. The summed E-state index contributed by atoms with van der Waals surface area (Å²) in [5, 5.41) is 0. The maximum Gasteiger partial charge on any atom is 0.410 e. The van der Waals surface area contributed by atoms with Gasteiger partial charge in [-0.25, -0.2) is 4.79 Å². The highest BCUT2D eigenvalue weighted by molar-refractivity contribution is 5.68. The van der Waals surface area contributed by atoms with Gasteiger partial charge in [0.1, 0.15) is 5.60 Å². The van der Waals surface area contributed by atoms with Crippen LogP contribution >= 0.6 is 0 Å². The number of rotatable bonds is 1. The third-order valence-electron chi connectivity index (χ3n) is 3.37. The average molecular weight is 276 g/mol. The topological polar surface area (TPSA) is 32.8 Å². The summed E-state index contributed by atoms with van der Waals surface area (Å²) in [6, 6.07) is 10.6. The smallest absolute Gasteiger partial charge is 0.410 e. The van der Waals surface area contributed by atoms with Crippen LogP contribution in [0.4, 0.5) is 10.5 Å². The van der Waals surface area contributed by atoms with Gasteiger partial charge in [-0.15, -0.1) is 0 Å².